The summed E-state index contributed by atoms with van der Waals surface area (Å²) in [5, 5.41) is 10.2. The summed E-state index contributed by atoms with van der Waals surface area (Å²) in [4.78, 5) is 13.8. The van der Waals surface area contributed by atoms with Crippen molar-refractivity contribution in [3.63, 3.8) is 0 Å². The van der Waals surface area contributed by atoms with Crippen molar-refractivity contribution in [3.8, 4) is 0 Å². The van der Waals surface area contributed by atoms with Gasteiger partial charge in [-0.3, -0.25) is 0 Å². The zero-order valence-electron chi connectivity index (χ0n) is 14.8. The number of hydrogen-bond donors (Lipinski definition) is 1. The largest absolute Gasteiger partial charge is 0.444 e. The van der Waals surface area contributed by atoms with E-state index in [1.54, 1.807) is 17.0 Å². The minimum atomic E-state index is -0.561. The number of benzene rings is 1. The van der Waals surface area contributed by atoms with Crippen molar-refractivity contribution in [2.45, 2.75) is 58.2 Å². The number of rotatable bonds is 4. The topological polar surface area (TPSA) is 49.8 Å². The van der Waals surface area contributed by atoms with Crippen LogP contribution in [-0.4, -0.2) is 34.8 Å². The van der Waals surface area contributed by atoms with Gasteiger partial charge in [0.05, 0.1) is 6.10 Å². The first-order valence-electron chi connectivity index (χ1n) is 8.66. The first-order valence-corrected chi connectivity index (χ1v) is 8.66. The van der Waals surface area contributed by atoms with Gasteiger partial charge in [-0.15, -0.1) is 0 Å². The average Bonchev–Trinajstić information content (AvgIpc) is 2.52. The quantitative estimate of drug-likeness (QED) is 0.892. The lowest BCUT2D eigenvalue weighted by molar-refractivity contribution is 0.0174. The van der Waals surface area contributed by atoms with Crippen molar-refractivity contribution in [1.82, 2.24) is 4.90 Å². The van der Waals surface area contributed by atoms with Crippen LogP contribution in [-0.2, 0) is 4.74 Å². The lowest BCUT2D eigenvalue weighted by atomic mass is 9.90. The number of nitrogens with zero attached hydrogens (tertiary/aromatic N) is 1. The van der Waals surface area contributed by atoms with Crippen LogP contribution in [0.5, 0.6) is 0 Å². The zero-order chi connectivity index (χ0) is 17.7. The third-order valence-electron chi connectivity index (χ3n) is 4.37. The van der Waals surface area contributed by atoms with Crippen molar-refractivity contribution in [3.05, 3.63) is 35.6 Å². The van der Waals surface area contributed by atoms with Gasteiger partial charge < -0.3 is 14.7 Å². The maximum Gasteiger partial charge on any atom is 0.410 e. The van der Waals surface area contributed by atoms with E-state index in [-0.39, 0.29) is 11.9 Å². The fraction of sp³-hybridized carbons (Fsp3) is 0.632. The number of aliphatic hydroxyl groups excluding tert-OH is 1. The second-order valence-electron chi connectivity index (χ2n) is 7.56. The Balaban J connectivity index is 1.73. The van der Waals surface area contributed by atoms with E-state index in [1.165, 1.54) is 12.1 Å². The highest BCUT2D eigenvalue weighted by Gasteiger charge is 2.27. The lowest BCUT2D eigenvalue weighted by Gasteiger charge is -2.33. The number of hydrogen-bond acceptors (Lipinski definition) is 3. The average molecular weight is 337 g/mol. The number of amides is 1. The van der Waals surface area contributed by atoms with Crippen LogP contribution in [0.4, 0.5) is 9.18 Å². The molecule has 4 nitrogen and oxygen atoms in total. The van der Waals surface area contributed by atoms with Gasteiger partial charge in [-0.2, -0.15) is 0 Å². The Morgan fingerprint density at radius 1 is 1.29 bits per heavy atom. The van der Waals surface area contributed by atoms with Gasteiger partial charge in [-0.1, -0.05) is 12.1 Å². The molecule has 1 heterocycles. The van der Waals surface area contributed by atoms with Crippen LogP contribution in [0.1, 0.15) is 58.1 Å². The molecular weight excluding hydrogens is 309 g/mol. The Kier molecular flexibility index (Phi) is 6.21. The summed E-state index contributed by atoms with van der Waals surface area (Å²) in [5.41, 5.74) is 0.287. The summed E-state index contributed by atoms with van der Waals surface area (Å²) in [6.07, 6.45) is 2.61. The van der Waals surface area contributed by atoms with E-state index in [2.05, 4.69) is 0 Å². The van der Waals surface area contributed by atoms with E-state index < -0.39 is 11.7 Å². The van der Waals surface area contributed by atoms with Gasteiger partial charge >= 0.3 is 6.09 Å². The first kappa shape index (κ1) is 18.7. The van der Waals surface area contributed by atoms with Gasteiger partial charge in [0.1, 0.15) is 11.4 Å². The van der Waals surface area contributed by atoms with Crippen molar-refractivity contribution < 1.29 is 19.0 Å². The number of piperidine rings is 1. The van der Waals surface area contributed by atoms with Crippen LogP contribution >= 0.6 is 0 Å². The molecule has 1 fully saturated rings. The monoisotopic (exact) mass is 337 g/mol. The molecule has 24 heavy (non-hydrogen) atoms. The fourth-order valence-electron chi connectivity index (χ4n) is 2.98. The molecule has 1 amide bonds. The second kappa shape index (κ2) is 7.97. The third-order valence-corrected chi connectivity index (χ3v) is 4.37. The SMILES string of the molecule is CC(C)(C)OC(=O)N1CCC(CC[C@@H](O)c2ccc(F)cc2)CC1. The second-order valence-corrected chi connectivity index (χ2v) is 7.56. The maximum atomic E-state index is 12.9. The first-order chi connectivity index (χ1) is 11.2. The Morgan fingerprint density at radius 3 is 2.42 bits per heavy atom. The molecule has 0 aromatic heterocycles. The molecule has 134 valence electrons. The van der Waals surface area contributed by atoms with Crippen LogP contribution in [0.25, 0.3) is 0 Å². The Hall–Kier alpha value is -1.62. The fourth-order valence-corrected chi connectivity index (χ4v) is 2.98. The molecule has 0 spiro atoms. The predicted octanol–water partition coefficient (Wildman–Crippen LogP) is 4.29. The van der Waals surface area contributed by atoms with Crippen LogP contribution in [0.15, 0.2) is 24.3 Å². The standard InChI is InChI=1S/C19H28FNO3/c1-19(2,3)24-18(23)21-12-10-14(11-13-21)4-9-17(22)15-5-7-16(20)8-6-15/h5-8,14,17,22H,4,9-13H2,1-3H3/t17-/m1/s1. The number of carbonyl (C=O) groups is 1. The highest BCUT2D eigenvalue weighted by molar-refractivity contribution is 5.68. The van der Waals surface area contributed by atoms with Crippen LogP contribution < -0.4 is 0 Å². The molecule has 1 aliphatic rings. The van der Waals surface area contributed by atoms with Gasteiger partial charge in [0, 0.05) is 13.1 Å². The van der Waals surface area contributed by atoms with Gasteiger partial charge in [0.25, 0.3) is 0 Å². The molecule has 0 aliphatic carbocycles. The van der Waals surface area contributed by atoms with E-state index in [0.29, 0.717) is 25.4 Å². The van der Waals surface area contributed by atoms with E-state index in [0.717, 1.165) is 24.8 Å². The molecule has 1 saturated heterocycles. The molecule has 0 radical (unpaired) electrons. The molecule has 1 aliphatic heterocycles. The van der Waals surface area contributed by atoms with Gasteiger partial charge in [0.15, 0.2) is 0 Å². The van der Waals surface area contributed by atoms with Gasteiger partial charge in [0.2, 0.25) is 0 Å². The van der Waals surface area contributed by atoms with Gasteiger partial charge in [-0.25, -0.2) is 9.18 Å². The van der Waals surface area contributed by atoms with E-state index in [4.69, 9.17) is 4.74 Å². The Morgan fingerprint density at radius 2 is 1.88 bits per heavy atom. The van der Waals surface area contributed by atoms with E-state index in [1.807, 2.05) is 20.8 Å². The number of aliphatic hydroxyl groups is 1. The Bertz CT molecular complexity index is 531. The third kappa shape index (κ3) is 5.78. The zero-order valence-corrected chi connectivity index (χ0v) is 14.8. The van der Waals surface area contributed by atoms with Crippen LogP contribution in [0.3, 0.4) is 0 Å². The van der Waals surface area contributed by atoms with Crippen molar-refractivity contribution >= 4 is 6.09 Å². The smallest absolute Gasteiger partial charge is 0.410 e. The Labute approximate surface area is 143 Å². The molecule has 0 saturated carbocycles. The predicted molar refractivity (Wildman–Crippen MR) is 91.1 cm³/mol. The lowest BCUT2D eigenvalue weighted by Crippen LogP contribution is -2.41. The van der Waals surface area contributed by atoms with E-state index in [9.17, 15) is 14.3 Å². The highest BCUT2D eigenvalue weighted by Crippen LogP contribution is 2.27. The summed E-state index contributed by atoms with van der Waals surface area (Å²) >= 11 is 0. The summed E-state index contributed by atoms with van der Waals surface area (Å²) in [6, 6.07) is 6.01. The van der Waals surface area contributed by atoms with Crippen molar-refractivity contribution in [2.75, 3.05) is 13.1 Å². The van der Waals surface area contributed by atoms with E-state index >= 15 is 0 Å². The molecule has 5 heteroatoms. The number of halogens is 1. The summed E-state index contributed by atoms with van der Waals surface area (Å²) in [5.74, 6) is 0.208. The molecule has 0 bridgehead atoms. The molecule has 1 aromatic carbocycles. The molecule has 1 N–H and O–H groups in total. The number of likely N-dealkylation sites (tertiary alicyclic amines) is 1. The number of carbonyl (C=O) groups excluding carboxylic acids is 1. The minimum absolute atomic E-state index is 0.243. The minimum Gasteiger partial charge on any atom is -0.444 e. The number of ether oxygens (including phenoxy) is 1. The van der Waals surface area contributed by atoms with Gasteiger partial charge in [-0.05, 0) is 70.1 Å². The van der Waals surface area contributed by atoms with Crippen LogP contribution in [0, 0.1) is 11.7 Å². The summed E-state index contributed by atoms with van der Waals surface area (Å²) in [6.45, 7) is 7.01. The van der Waals surface area contributed by atoms with Crippen molar-refractivity contribution in [1.29, 1.82) is 0 Å². The molecular formula is C19H28FNO3. The molecule has 0 unspecified atom stereocenters. The summed E-state index contributed by atoms with van der Waals surface area (Å²) < 4.78 is 18.3. The van der Waals surface area contributed by atoms with Crippen LogP contribution in [0.2, 0.25) is 0 Å². The van der Waals surface area contributed by atoms with Crippen molar-refractivity contribution in [2.24, 2.45) is 5.92 Å². The maximum absolute atomic E-state index is 12.9. The molecule has 1 atom stereocenters. The molecule has 2 rings (SSSR count). The normalized spacial score (nSPS) is 17.6. The highest BCUT2D eigenvalue weighted by atomic mass is 19.1. The summed E-state index contributed by atoms with van der Waals surface area (Å²) in [7, 11) is 0. The molecule has 1 aromatic rings.